The van der Waals surface area contributed by atoms with Crippen LogP contribution in [0.5, 0.6) is 5.75 Å². The summed E-state index contributed by atoms with van der Waals surface area (Å²) in [5.74, 6) is 1.47. The van der Waals surface area contributed by atoms with E-state index in [4.69, 9.17) is 4.74 Å². The molecule has 0 N–H and O–H groups in total. The van der Waals surface area contributed by atoms with Crippen LogP contribution in [-0.2, 0) is 10.0 Å². The normalized spacial score (nSPS) is 15.3. The Morgan fingerprint density at radius 1 is 0.871 bits per heavy atom. The van der Waals surface area contributed by atoms with Gasteiger partial charge in [0.15, 0.2) is 5.82 Å². The highest BCUT2D eigenvalue weighted by atomic mass is 32.2. The lowest BCUT2D eigenvalue weighted by Crippen LogP contribution is -2.48. The van der Waals surface area contributed by atoms with Crippen LogP contribution in [0.25, 0.3) is 17.3 Å². The van der Waals surface area contributed by atoms with E-state index in [1.807, 2.05) is 71.6 Å². The van der Waals surface area contributed by atoms with Crippen LogP contribution in [0.2, 0.25) is 0 Å². The number of sulfonamides is 1. The largest absolute Gasteiger partial charge is 0.496 e. The van der Waals surface area contributed by atoms with Crippen LogP contribution in [0.3, 0.4) is 0 Å². The Morgan fingerprint density at radius 3 is 2.26 bits per heavy atom. The highest BCUT2D eigenvalue weighted by molar-refractivity contribution is 7.92. The summed E-state index contributed by atoms with van der Waals surface area (Å²) in [7, 11) is -1.83. The Morgan fingerprint density at radius 2 is 1.58 bits per heavy atom. The summed E-state index contributed by atoms with van der Waals surface area (Å²) in [4.78, 5) is 2.05. The highest BCUT2D eigenvalue weighted by Crippen LogP contribution is 2.28. The molecule has 4 rings (SSSR count). The van der Waals surface area contributed by atoms with Gasteiger partial charge in [-0.05, 0) is 35.9 Å². The quantitative estimate of drug-likeness (QED) is 0.590. The lowest BCUT2D eigenvalue weighted by atomic mass is 10.1. The van der Waals surface area contributed by atoms with Crippen LogP contribution in [-0.4, -0.2) is 56.2 Å². The van der Waals surface area contributed by atoms with Crippen molar-refractivity contribution in [1.29, 1.82) is 0 Å². The fourth-order valence-electron chi connectivity index (χ4n) is 3.48. The predicted octanol–water partition coefficient (Wildman–Crippen LogP) is 3.27. The van der Waals surface area contributed by atoms with E-state index in [1.165, 1.54) is 9.71 Å². The number of rotatable bonds is 6. The molecule has 0 unspecified atom stereocenters. The smallest absolute Gasteiger partial charge is 0.236 e. The summed E-state index contributed by atoms with van der Waals surface area (Å²) in [5.41, 5.74) is 2.47. The maximum atomic E-state index is 12.6. The molecule has 0 amide bonds. The molecule has 8 heteroatoms. The summed E-state index contributed by atoms with van der Waals surface area (Å²) in [6.45, 7) is 1.91. The third kappa shape index (κ3) is 4.92. The molecule has 1 aliphatic heterocycles. The lowest BCUT2D eigenvalue weighted by molar-refractivity contribution is 0.388. The second-order valence-corrected chi connectivity index (χ2v) is 8.94. The second-order valence-electron chi connectivity index (χ2n) is 7.12. The van der Waals surface area contributed by atoms with Gasteiger partial charge in [-0.2, -0.15) is 4.31 Å². The van der Waals surface area contributed by atoms with Crippen LogP contribution in [0, 0.1) is 0 Å². The van der Waals surface area contributed by atoms with Crippen molar-refractivity contribution < 1.29 is 13.2 Å². The summed E-state index contributed by atoms with van der Waals surface area (Å²) in [6.07, 6.45) is 1.63. The van der Waals surface area contributed by atoms with E-state index in [9.17, 15) is 8.42 Å². The molecule has 0 aliphatic carbocycles. The van der Waals surface area contributed by atoms with Gasteiger partial charge < -0.3 is 9.64 Å². The zero-order chi connectivity index (χ0) is 21.7. The Hall–Kier alpha value is -3.23. The van der Waals surface area contributed by atoms with Crippen molar-refractivity contribution in [2.75, 3.05) is 38.2 Å². The Labute approximate surface area is 182 Å². The average Bonchev–Trinajstić information content (AvgIpc) is 2.84. The van der Waals surface area contributed by atoms with Crippen molar-refractivity contribution in [2.24, 2.45) is 0 Å². The SMILES string of the molecule is COc1ccccc1-c1ccc(N2CCN(S(=O)(=O)C=Cc3ccccc3)CC2)nn1. The molecule has 31 heavy (non-hydrogen) atoms. The number of hydrogen-bond donors (Lipinski definition) is 0. The zero-order valence-electron chi connectivity index (χ0n) is 17.3. The molecule has 1 fully saturated rings. The minimum atomic E-state index is -3.46. The fraction of sp³-hybridized carbons (Fsp3) is 0.217. The molecule has 2 heterocycles. The van der Waals surface area contributed by atoms with Gasteiger partial charge in [0.2, 0.25) is 10.0 Å². The van der Waals surface area contributed by atoms with Gasteiger partial charge in [-0.1, -0.05) is 42.5 Å². The number of aromatic nitrogens is 2. The van der Waals surface area contributed by atoms with E-state index in [-0.39, 0.29) is 0 Å². The molecule has 0 radical (unpaired) electrons. The van der Waals surface area contributed by atoms with Gasteiger partial charge in [0.05, 0.1) is 12.8 Å². The first kappa shape index (κ1) is 21.0. The number of nitrogens with zero attached hydrogens (tertiary/aromatic N) is 4. The maximum absolute atomic E-state index is 12.6. The molecular weight excluding hydrogens is 412 g/mol. The number of anilines is 1. The molecular formula is C23H24N4O3S. The summed E-state index contributed by atoms with van der Waals surface area (Å²) < 4.78 is 32.2. The summed E-state index contributed by atoms with van der Waals surface area (Å²) >= 11 is 0. The van der Waals surface area contributed by atoms with Crippen molar-refractivity contribution in [1.82, 2.24) is 14.5 Å². The molecule has 2 aromatic carbocycles. The van der Waals surface area contributed by atoms with Gasteiger partial charge in [0.1, 0.15) is 5.75 Å². The van der Waals surface area contributed by atoms with E-state index in [2.05, 4.69) is 10.2 Å². The van der Waals surface area contributed by atoms with Crippen molar-refractivity contribution in [3.05, 3.63) is 77.7 Å². The molecule has 0 atom stereocenters. The van der Waals surface area contributed by atoms with E-state index in [1.54, 1.807) is 13.2 Å². The number of benzene rings is 2. The first-order valence-corrected chi connectivity index (χ1v) is 11.5. The minimum absolute atomic E-state index is 0.400. The number of piperazine rings is 1. The molecule has 7 nitrogen and oxygen atoms in total. The van der Waals surface area contributed by atoms with Crippen LogP contribution >= 0.6 is 0 Å². The van der Waals surface area contributed by atoms with Crippen LogP contribution in [0.4, 0.5) is 5.82 Å². The topological polar surface area (TPSA) is 75.6 Å². The predicted molar refractivity (Wildman–Crippen MR) is 122 cm³/mol. The van der Waals surface area contributed by atoms with Gasteiger partial charge in [-0.25, -0.2) is 8.42 Å². The Balaban J connectivity index is 1.40. The van der Waals surface area contributed by atoms with Crippen molar-refractivity contribution >= 4 is 21.9 Å². The minimum Gasteiger partial charge on any atom is -0.496 e. The molecule has 3 aromatic rings. The molecule has 1 saturated heterocycles. The first-order valence-electron chi connectivity index (χ1n) is 10.0. The van der Waals surface area contributed by atoms with Gasteiger partial charge in [-0.15, -0.1) is 10.2 Å². The Kier molecular flexibility index (Phi) is 6.29. The average molecular weight is 437 g/mol. The lowest BCUT2D eigenvalue weighted by Gasteiger charge is -2.33. The van der Waals surface area contributed by atoms with Crippen LogP contribution in [0.15, 0.2) is 72.1 Å². The van der Waals surface area contributed by atoms with Crippen molar-refractivity contribution in [3.63, 3.8) is 0 Å². The van der Waals surface area contributed by atoms with Gasteiger partial charge in [0, 0.05) is 37.2 Å². The first-order chi connectivity index (χ1) is 15.1. The summed E-state index contributed by atoms with van der Waals surface area (Å²) in [5, 5.41) is 9.98. The van der Waals surface area contributed by atoms with Crippen LogP contribution in [0.1, 0.15) is 5.56 Å². The van der Waals surface area contributed by atoms with Gasteiger partial charge in [-0.3, -0.25) is 0 Å². The molecule has 0 bridgehead atoms. The van der Waals surface area contributed by atoms with Crippen molar-refractivity contribution in [2.45, 2.75) is 0 Å². The molecule has 1 aliphatic rings. The molecule has 0 spiro atoms. The van der Waals surface area contributed by atoms with Gasteiger partial charge >= 0.3 is 0 Å². The van der Waals surface area contributed by atoms with Crippen molar-refractivity contribution in [3.8, 4) is 17.0 Å². The number of para-hydroxylation sites is 1. The third-order valence-electron chi connectivity index (χ3n) is 5.19. The Bertz CT molecular complexity index is 1140. The monoisotopic (exact) mass is 436 g/mol. The number of ether oxygens (including phenoxy) is 1. The van der Waals surface area contributed by atoms with Gasteiger partial charge in [0.25, 0.3) is 0 Å². The third-order valence-corrected chi connectivity index (χ3v) is 6.75. The number of methoxy groups -OCH3 is 1. The van der Waals surface area contributed by atoms with E-state index in [0.717, 1.165) is 28.4 Å². The summed E-state index contributed by atoms with van der Waals surface area (Å²) in [6, 6.07) is 20.9. The molecule has 160 valence electrons. The highest BCUT2D eigenvalue weighted by Gasteiger charge is 2.25. The van der Waals surface area contributed by atoms with E-state index in [0.29, 0.717) is 26.2 Å². The molecule has 1 aromatic heterocycles. The maximum Gasteiger partial charge on any atom is 0.236 e. The zero-order valence-corrected chi connectivity index (χ0v) is 18.1. The number of hydrogen-bond acceptors (Lipinski definition) is 6. The second kappa shape index (κ2) is 9.28. The fourth-order valence-corrected chi connectivity index (χ4v) is 4.65. The molecule has 0 saturated carbocycles. The van der Waals surface area contributed by atoms with E-state index < -0.39 is 10.0 Å². The van der Waals surface area contributed by atoms with E-state index >= 15 is 0 Å². The van der Waals surface area contributed by atoms with Crippen LogP contribution < -0.4 is 9.64 Å². The standard InChI is InChI=1S/C23H24N4O3S/c1-30-22-10-6-5-9-20(22)21-11-12-23(25-24-21)26-14-16-27(17-15-26)31(28,29)18-13-19-7-3-2-4-8-19/h2-13,18H,14-17H2,1H3.